The van der Waals surface area contributed by atoms with Gasteiger partial charge in [-0.1, -0.05) is 44.2 Å². The molecule has 190 valence electrons. The van der Waals surface area contributed by atoms with Crippen LogP contribution < -0.4 is 9.47 Å². The molecule has 1 aromatic heterocycles. The van der Waals surface area contributed by atoms with E-state index in [-0.39, 0.29) is 25.2 Å². The van der Waals surface area contributed by atoms with E-state index in [1.54, 1.807) is 0 Å². The second-order valence-electron chi connectivity index (χ2n) is 9.00. The van der Waals surface area contributed by atoms with Crippen LogP contribution in [0.25, 0.3) is 0 Å². The van der Waals surface area contributed by atoms with Gasteiger partial charge in [0, 0.05) is 17.2 Å². The number of aromatic nitrogens is 3. The molecular weight excluding hydrogens is 692 g/mol. The summed E-state index contributed by atoms with van der Waals surface area (Å²) in [5, 5.41) is 27.7. The van der Waals surface area contributed by atoms with Gasteiger partial charge in [-0.3, -0.25) is 0 Å². The van der Waals surface area contributed by atoms with Crippen molar-refractivity contribution in [2.75, 3.05) is 19.1 Å². The Kier molecular flexibility index (Phi) is 10.5. The number of rotatable bonds is 12. The van der Waals surface area contributed by atoms with E-state index >= 15 is 0 Å². The van der Waals surface area contributed by atoms with Crippen LogP contribution in [-0.2, 0) is 18.6 Å². The quantitative estimate of drug-likeness (QED) is 0.202. The van der Waals surface area contributed by atoms with Gasteiger partial charge in [0.2, 0.25) is 0 Å². The summed E-state index contributed by atoms with van der Waals surface area (Å²) < 4.78 is 14.9. The SMILES string of the molecule is C[C@H](CCl)COc1ccc(C(C)(C)c2ccc(OC[C@@H](O)Cn3nnc(I)c3CO)cc2)cc1[123I]. The van der Waals surface area contributed by atoms with Gasteiger partial charge in [-0.25, -0.2) is 4.68 Å². The minimum atomic E-state index is -0.788. The normalized spacial score (nSPS) is 13.5. The van der Waals surface area contributed by atoms with Crippen LogP contribution in [0.5, 0.6) is 11.5 Å². The van der Waals surface area contributed by atoms with Gasteiger partial charge in [0.1, 0.15) is 27.9 Å². The lowest BCUT2D eigenvalue weighted by Gasteiger charge is -2.27. The lowest BCUT2D eigenvalue weighted by Crippen LogP contribution is -2.25. The minimum Gasteiger partial charge on any atom is -0.492 e. The number of alkyl halides is 1. The van der Waals surface area contributed by atoms with Crippen molar-refractivity contribution in [3.05, 3.63) is 66.6 Å². The molecule has 2 N–H and O–H groups in total. The maximum absolute atomic E-state index is 10.3. The predicted octanol–water partition coefficient (Wildman–Crippen LogP) is 5.00. The Morgan fingerprint density at radius 1 is 1.11 bits per heavy atom. The molecule has 0 bridgehead atoms. The fraction of sp³-hybridized carbons (Fsp3) is 0.440. The number of aliphatic hydroxyl groups is 2. The highest BCUT2D eigenvalue weighted by molar-refractivity contribution is 14.1. The summed E-state index contributed by atoms with van der Waals surface area (Å²) in [5.41, 5.74) is 2.70. The van der Waals surface area contributed by atoms with Crippen molar-refractivity contribution in [1.29, 1.82) is 0 Å². The molecule has 0 saturated carbocycles. The van der Waals surface area contributed by atoms with Gasteiger partial charge >= 0.3 is 0 Å². The monoisotopic (exact) mass is 721 g/mol. The van der Waals surface area contributed by atoms with Crippen molar-refractivity contribution < 1.29 is 19.7 Å². The average molecular weight is 722 g/mol. The Morgan fingerprint density at radius 2 is 1.80 bits per heavy atom. The van der Waals surface area contributed by atoms with Crippen LogP contribution in [0.3, 0.4) is 0 Å². The summed E-state index contributed by atoms with van der Waals surface area (Å²) in [5.74, 6) is 2.42. The Morgan fingerprint density at radius 3 is 2.43 bits per heavy atom. The molecule has 2 atom stereocenters. The lowest BCUT2D eigenvalue weighted by molar-refractivity contribution is 0.0866. The Labute approximate surface area is 238 Å². The van der Waals surface area contributed by atoms with Crippen LogP contribution in [0.4, 0.5) is 0 Å². The summed E-state index contributed by atoms with van der Waals surface area (Å²) in [7, 11) is 0. The van der Waals surface area contributed by atoms with E-state index in [4.69, 9.17) is 21.1 Å². The fourth-order valence-electron chi connectivity index (χ4n) is 3.47. The van der Waals surface area contributed by atoms with E-state index in [0.29, 0.717) is 33.5 Å². The van der Waals surface area contributed by atoms with Crippen LogP contribution in [0.1, 0.15) is 37.6 Å². The number of aliphatic hydroxyl groups excluding tert-OH is 2. The minimum absolute atomic E-state index is 0.103. The number of benzene rings is 2. The standard InChI is InChI=1S/C25H30ClI2N3O4/c1-16(11-26)14-35-23-9-6-18(10-21(23)27)25(2,3)17-4-7-20(8-5-17)34-15-19(33)12-31-22(13-32)24(28)29-30-31/h4-10,16,19,32-33H,11-15H2,1-3H3/t16-,19+/m1/s1/i27-4. The van der Waals surface area contributed by atoms with E-state index in [0.717, 1.165) is 14.9 Å². The van der Waals surface area contributed by atoms with Gasteiger partial charge in [0.25, 0.3) is 0 Å². The first kappa shape index (κ1) is 28.4. The molecule has 2 aromatic carbocycles. The molecule has 0 radical (unpaired) electrons. The topological polar surface area (TPSA) is 89.6 Å². The highest BCUT2D eigenvalue weighted by Gasteiger charge is 2.24. The second kappa shape index (κ2) is 12.9. The van der Waals surface area contributed by atoms with Gasteiger partial charge in [0.05, 0.1) is 29.0 Å². The van der Waals surface area contributed by atoms with Crippen LogP contribution in [0.15, 0.2) is 42.5 Å². The summed E-state index contributed by atoms with van der Waals surface area (Å²) >= 11 is 10.2. The van der Waals surface area contributed by atoms with E-state index in [1.807, 2.05) is 52.9 Å². The van der Waals surface area contributed by atoms with Crippen molar-refractivity contribution in [1.82, 2.24) is 15.0 Å². The third-order valence-corrected chi connectivity index (χ3v) is 7.99. The predicted molar refractivity (Wildman–Crippen MR) is 153 cm³/mol. The Bertz CT molecular complexity index is 1110. The molecule has 3 aromatic rings. The number of hydrogen-bond donors (Lipinski definition) is 2. The molecule has 0 fully saturated rings. The second-order valence-corrected chi connectivity index (χ2v) is 11.5. The zero-order valence-corrected chi connectivity index (χ0v) is 25.0. The number of ether oxygens (including phenoxy) is 2. The van der Waals surface area contributed by atoms with Crippen molar-refractivity contribution in [2.24, 2.45) is 5.92 Å². The molecule has 0 unspecified atom stereocenters. The third-order valence-electron chi connectivity index (χ3n) is 5.78. The van der Waals surface area contributed by atoms with E-state index in [9.17, 15) is 10.2 Å². The molecule has 0 aliphatic carbocycles. The van der Waals surface area contributed by atoms with Crippen LogP contribution in [0, 0.1) is 13.2 Å². The van der Waals surface area contributed by atoms with E-state index in [2.05, 4.69) is 65.8 Å². The van der Waals surface area contributed by atoms with Gasteiger partial charge in [-0.15, -0.1) is 16.7 Å². The molecular formula is C25H30ClI2N3O4. The maximum atomic E-state index is 10.3. The first-order valence-corrected chi connectivity index (χ1v) is 13.9. The zero-order chi connectivity index (χ0) is 25.6. The number of nitrogens with zero attached hydrogens (tertiary/aromatic N) is 3. The molecule has 10 heteroatoms. The zero-order valence-electron chi connectivity index (χ0n) is 19.9. The van der Waals surface area contributed by atoms with Gasteiger partial charge in [-0.2, -0.15) is 0 Å². The Hall–Kier alpha value is -1.15. The summed E-state index contributed by atoms with van der Waals surface area (Å²) in [6.07, 6.45) is -0.788. The highest BCUT2D eigenvalue weighted by atomic mass is 127. The van der Waals surface area contributed by atoms with E-state index in [1.165, 1.54) is 10.2 Å². The molecule has 7 nitrogen and oxygen atoms in total. The highest BCUT2D eigenvalue weighted by Crippen LogP contribution is 2.35. The van der Waals surface area contributed by atoms with Crippen molar-refractivity contribution >= 4 is 56.8 Å². The molecule has 35 heavy (non-hydrogen) atoms. The van der Waals surface area contributed by atoms with E-state index < -0.39 is 6.10 Å². The van der Waals surface area contributed by atoms with Crippen molar-refractivity contribution in [3.63, 3.8) is 0 Å². The smallest absolute Gasteiger partial charge is 0.149 e. The van der Waals surface area contributed by atoms with Gasteiger partial charge in [-0.05, 0) is 80.6 Å². The van der Waals surface area contributed by atoms with Crippen molar-refractivity contribution in [2.45, 2.75) is 45.4 Å². The molecule has 0 aliphatic heterocycles. The summed E-state index contributed by atoms with van der Waals surface area (Å²) in [4.78, 5) is 0. The molecule has 1 heterocycles. The molecule has 0 saturated heterocycles. The van der Waals surface area contributed by atoms with Crippen molar-refractivity contribution in [3.8, 4) is 11.5 Å². The third kappa shape index (κ3) is 7.43. The lowest BCUT2D eigenvalue weighted by atomic mass is 9.78. The number of hydrogen-bond acceptors (Lipinski definition) is 6. The molecule has 0 aliphatic rings. The number of halogens is 3. The van der Waals surface area contributed by atoms with Gasteiger partial charge in [0.15, 0.2) is 0 Å². The summed E-state index contributed by atoms with van der Waals surface area (Å²) in [6.45, 7) is 7.15. The first-order chi connectivity index (χ1) is 16.6. The van der Waals surface area contributed by atoms with Crippen LogP contribution in [0.2, 0.25) is 0 Å². The van der Waals surface area contributed by atoms with Crippen LogP contribution >= 0.6 is 56.8 Å². The summed E-state index contributed by atoms with van der Waals surface area (Å²) in [6, 6.07) is 14.2. The fourth-order valence-corrected chi connectivity index (χ4v) is 4.77. The molecule has 0 spiro atoms. The molecule has 0 amide bonds. The molecule has 3 rings (SSSR count). The Balaban J connectivity index is 1.61. The first-order valence-electron chi connectivity index (χ1n) is 11.2. The maximum Gasteiger partial charge on any atom is 0.149 e. The van der Waals surface area contributed by atoms with Gasteiger partial charge < -0.3 is 19.7 Å². The van der Waals surface area contributed by atoms with Crippen LogP contribution in [-0.4, -0.2) is 50.4 Å². The largest absolute Gasteiger partial charge is 0.492 e. The average Bonchev–Trinajstić information content (AvgIpc) is 3.20.